The van der Waals surface area contributed by atoms with Gasteiger partial charge in [-0.2, -0.15) is 13.2 Å². The Morgan fingerprint density at radius 2 is 1.71 bits per heavy atom. The summed E-state index contributed by atoms with van der Waals surface area (Å²) in [6.45, 7) is 1.82. The fourth-order valence-electron chi connectivity index (χ4n) is 5.06. The van der Waals surface area contributed by atoms with Gasteiger partial charge in [-0.25, -0.2) is 0 Å². The zero-order valence-electron chi connectivity index (χ0n) is 19.3. The number of piperazine rings is 1. The lowest BCUT2D eigenvalue weighted by atomic mass is 9.95. The van der Waals surface area contributed by atoms with Crippen molar-refractivity contribution in [1.29, 1.82) is 0 Å². The smallest absolute Gasteiger partial charge is 0.358 e. The predicted octanol–water partition coefficient (Wildman–Crippen LogP) is 4.46. The number of carbonyl (C=O) groups excluding carboxylic acids is 2. The molecule has 0 spiro atoms. The molecule has 0 unspecified atom stereocenters. The van der Waals surface area contributed by atoms with Gasteiger partial charge < -0.3 is 15.2 Å². The van der Waals surface area contributed by atoms with E-state index < -0.39 is 17.6 Å². The normalized spacial score (nSPS) is 16.8. The highest BCUT2D eigenvalue weighted by Crippen LogP contribution is 2.34. The maximum absolute atomic E-state index is 13.2. The lowest BCUT2D eigenvalue weighted by Crippen LogP contribution is -2.50. The molecule has 1 aromatic heterocycles. The molecular formula is C26H27F3N4O2. The van der Waals surface area contributed by atoms with Gasteiger partial charge >= 0.3 is 6.18 Å². The van der Waals surface area contributed by atoms with E-state index >= 15 is 0 Å². The number of anilines is 1. The molecule has 2 aromatic carbocycles. The summed E-state index contributed by atoms with van der Waals surface area (Å²) >= 11 is 0. The summed E-state index contributed by atoms with van der Waals surface area (Å²) in [5.74, 6) is -0.551. The van der Waals surface area contributed by atoms with Gasteiger partial charge in [0.15, 0.2) is 0 Å². The van der Waals surface area contributed by atoms with E-state index in [0.29, 0.717) is 31.7 Å². The molecule has 0 radical (unpaired) electrons. The van der Waals surface area contributed by atoms with Gasteiger partial charge in [0.1, 0.15) is 0 Å². The largest absolute Gasteiger partial charge is 0.418 e. The van der Waals surface area contributed by atoms with Gasteiger partial charge in [-0.15, -0.1) is 0 Å². The topological polar surface area (TPSA) is 68.4 Å². The molecule has 0 atom stereocenters. The van der Waals surface area contributed by atoms with Gasteiger partial charge in [0, 0.05) is 48.3 Å². The molecule has 5 rings (SSSR count). The van der Waals surface area contributed by atoms with Crippen molar-refractivity contribution in [2.24, 2.45) is 0 Å². The van der Waals surface area contributed by atoms with Crippen LogP contribution in [0.1, 0.15) is 40.0 Å². The first-order chi connectivity index (χ1) is 16.8. The average Bonchev–Trinajstić information content (AvgIpc) is 3.21. The zero-order valence-corrected chi connectivity index (χ0v) is 19.3. The van der Waals surface area contributed by atoms with Crippen molar-refractivity contribution in [2.75, 3.05) is 38.0 Å². The van der Waals surface area contributed by atoms with Crippen molar-refractivity contribution in [3.8, 4) is 0 Å². The number of amides is 2. The number of aromatic nitrogens is 1. The molecule has 1 saturated heterocycles. The number of para-hydroxylation sites is 1. The second-order valence-electron chi connectivity index (χ2n) is 9.21. The number of H-pyrrole nitrogens is 1. The highest BCUT2D eigenvalue weighted by atomic mass is 19.4. The average molecular weight is 485 g/mol. The first-order valence-corrected chi connectivity index (χ1v) is 11.9. The number of alkyl halides is 3. The van der Waals surface area contributed by atoms with Crippen LogP contribution in [0.5, 0.6) is 0 Å². The first-order valence-electron chi connectivity index (χ1n) is 11.9. The molecule has 1 fully saturated rings. The fraction of sp³-hybridized carbons (Fsp3) is 0.385. The van der Waals surface area contributed by atoms with E-state index in [-0.39, 0.29) is 18.1 Å². The summed E-state index contributed by atoms with van der Waals surface area (Å²) in [7, 11) is 0. The summed E-state index contributed by atoms with van der Waals surface area (Å²) in [5.41, 5.74) is 3.20. The monoisotopic (exact) mass is 484 g/mol. The van der Waals surface area contributed by atoms with Crippen LogP contribution in [0.2, 0.25) is 0 Å². The van der Waals surface area contributed by atoms with Crippen molar-refractivity contribution >= 4 is 28.4 Å². The molecule has 35 heavy (non-hydrogen) atoms. The molecule has 1 aliphatic carbocycles. The van der Waals surface area contributed by atoms with Crippen molar-refractivity contribution < 1.29 is 22.8 Å². The number of rotatable bonds is 4. The predicted molar refractivity (Wildman–Crippen MR) is 127 cm³/mol. The van der Waals surface area contributed by atoms with Crippen LogP contribution >= 0.6 is 0 Å². The lowest BCUT2D eigenvalue weighted by molar-refractivity contribution is -0.137. The molecule has 2 heterocycles. The van der Waals surface area contributed by atoms with Gasteiger partial charge in [-0.1, -0.05) is 12.1 Å². The highest BCUT2D eigenvalue weighted by Gasteiger charge is 2.33. The number of nitrogens with zero attached hydrogens (tertiary/aromatic N) is 2. The minimum absolute atomic E-state index is 0.0321. The number of fused-ring (bicyclic) bond motifs is 3. The molecule has 9 heteroatoms. The highest BCUT2D eigenvalue weighted by molar-refractivity contribution is 5.99. The van der Waals surface area contributed by atoms with Gasteiger partial charge in [-0.05, 0) is 61.6 Å². The van der Waals surface area contributed by atoms with E-state index in [1.807, 2.05) is 23.1 Å². The van der Waals surface area contributed by atoms with Crippen LogP contribution in [-0.4, -0.2) is 59.3 Å². The van der Waals surface area contributed by atoms with Gasteiger partial charge in [0.25, 0.3) is 5.91 Å². The van der Waals surface area contributed by atoms with Crippen molar-refractivity contribution in [3.63, 3.8) is 0 Å². The third kappa shape index (κ3) is 4.91. The lowest BCUT2D eigenvalue weighted by Gasteiger charge is -2.34. The Morgan fingerprint density at radius 1 is 0.971 bits per heavy atom. The molecule has 1 aliphatic heterocycles. The van der Waals surface area contributed by atoms with E-state index in [1.54, 1.807) is 4.90 Å². The number of aromatic amines is 1. The fourth-order valence-corrected chi connectivity index (χ4v) is 5.06. The maximum Gasteiger partial charge on any atom is 0.418 e. The van der Waals surface area contributed by atoms with Gasteiger partial charge in [0.05, 0.1) is 17.8 Å². The molecule has 2 N–H and O–H groups in total. The van der Waals surface area contributed by atoms with Crippen LogP contribution in [0.3, 0.4) is 0 Å². The van der Waals surface area contributed by atoms with Crippen molar-refractivity contribution in [1.82, 2.24) is 14.8 Å². The Morgan fingerprint density at radius 3 is 2.49 bits per heavy atom. The first kappa shape index (κ1) is 23.4. The second kappa shape index (κ2) is 9.37. The number of hydrogen-bond donors (Lipinski definition) is 2. The molecule has 2 amide bonds. The number of nitrogens with one attached hydrogen (secondary N) is 2. The molecule has 184 valence electrons. The van der Waals surface area contributed by atoms with Crippen LogP contribution in [0.15, 0.2) is 42.5 Å². The Bertz CT molecular complexity index is 1260. The van der Waals surface area contributed by atoms with Crippen molar-refractivity contribution in [3.05, 3.63) is 64.8 Å². The molecule has 0 bridgehead atoms. The number of hydrogen-bond acceptors (Lipinski definition) is 3. The van der Waals surface area contributed by atoms with E-state index in [0.717, 1.165) is 36.2 Å². The Kier molecular flexibility index (Phi) is 6.27. The summed E-state index contributed by atoms with van der Waals surface area (Å²) in [4.78, 5) is 32.7. The number of aryl methyl sites for hydroxylation is 2. The van der Waals surface area contributed by atoms with Crippen LogP contribution in [0, 0.1) is 0 Å². The number of benzene rings is 2. The van der Waals surface area contributed by atoms with E-state index in [2.05, 4.69) is 10.3 Å². The Labute approximate surface area is 201 Å². The quantitative estimate of drug-likeness (QED) is 0.575. The van der Waals surface area contributed by atoms with E-state index in [9.17, 15) is 22.8 Å². The Hall–Kier alpha value is -3.33. The van der Waals surface area contributed by atoms with Crippen molar-refractivity contribution in [2.45, 2.75) is 31.9 Å². The molecule has 3 aromatic rings. The minimum atomic E-state index is -4.54. The third-order valence-electron chi connectivity index (χ3n) is 6.88. The summed E-state index contributed by atoms with van der Waals surface area (Å²) in [6, 6.07) is 10.7. The minimum Gasteiger partial charge on any atom is -0.358 e. The van der Waals surface area contributed by atoms with Crippen LogP contribution < -0.4 is 5.32 Å². The molecule has 2 aliphatic rings. The van der Waals surface area contributed by atoms with Gasteiger partial charge in [-0.3, -0.25) is 14.5 Å². The summed E-state index contributed by atoms with van der Waals surface area (Å²) < 4.78 is 39.5. The molecule has 6 nitrogen and oxygen atoms in total. The van der Waals surface area contributed by atoms with Crippen LogP contribution in [0.25, 0.3) is 10.9 Å². The van der Waals surface area contributed by atoms with Crippen LogP contribution in [-0.2, 0) is 23.8 Å². The third-order valence-corrected chi connectivity index (χ3v) is 6.88. The van der Waals surface area contributed by atoms with E-state index in [1.165, 1.54) is 35.9 Å². The number of halogens is 3. The summed E-state index contributed by atoms with van der Waals surface area (Å²) in [5, 5.41) is 3.50. The Balaban J connectivity index is 1.19. The van der Waals surface area contributed by atoms with Gasteiger partial charge in [0.2, 0.25) is 5.91 Å². The number of carbonyl (C=O) groups is 2. The SMILES string of the molecule is O=C(CN1CCN(C(=O)c2ccc3[nH]c4c(c3c2)CCCC4)CC1)Nc1ccccc1C(F)(F)F. The second-order valence-corrected chi connectivity index (χ2v) is 9.21. The molecule has 0 saturated carbocycles. The standard InChI is InChI=1S/C26H27F3N4O2/c27-26(28,29)20-6-2-4-8-23(20)31-24(34)16-32-11-13-33(14-12-32)25(35)17-9-10-22-19(15-17)18-5-1-3-7-21(18)30-22/h2,4,6,8-10,15,30H,1,3,5,7,11-14,16H2,(H,31,34). The van der Waals surface area contributed by atoms with Crippen LogP contribution in [0.4, 0.5) is 18.9 Å². The maximum atomic E-state index is 13.2. The van der Waals surface area contributed by atoms with E-state index in [4.69, 9.17) is 0 Å². The zero-order chi connectivity index (χ0) is 24.6. The molecular weight excluding hydrogens is 457 g/mol. The summed E-state index contributed by atoms with van der Waals surface area (Å²) in [6.07, 6.45) is -0.122.